The number of guanidine groups is 1. The third-order valence-electron chi connectivity index (χ3n) is 4.81. The Balaban J connectivity index is 1.47. The van der Waals surface area contributed by atoms with Crippen molar-refractivity contribution in [3.8, 4) is 0 Å². The fourth-order valence-electron chi connectivity index (χ4n) is 3.10. The number of nitrogens with one attached hydrogen (secondary N) is 2. The van der Waals surface area contributed by atoms with Crippen molar-refractivity contribution in [3.63, 3.8) is 0 Å². The molecule has 0 spiro atoms. The number of benzene rings is 2. The van der Waals surface area contributed by atoms with E-state index in [0.29, 0.717) is 25.8 Å². The van der Waals surface area contributed by atoms with Crippen molar-refractivity contribution in [1.29, 1.82) is 0 Å². The van der Waals surface area contributed by atoms with E-state index in [1.165, 1.54) is 23.3 Å². The Labute approximate surface area is 172 Å². The second-order valence-corrected chi connectivity index (χ2v) is 7.11. The fraction of sp³-hybridized carbons (Fsp3) is 0.435. The second-order valence-electron chi connectivity index (χ2n) is 7.11. The van der Waals surface area contributed by atoms with Gasteiger partial charge in [0.25, 0.3) is 0 Å². The van der Waals surface area contributed by atoms with E-state index in [2.05, 4.69) is 39.9 Å². The summed E-state index contributed by atoms with van der Waals surface area (Å²) in [4.78, 5) is 4.57. The lowest BCUT2D eigenvalue weighted by Crippen LogP contribution is -2.36. The summed E-state index contributed by atoms with van der Waals surface area (Å²) >= 11 is 0. The van der Waals surface area contributed by atoms with E-state index in [-0.39, 0.29) is 5.82 Å². The molecule has 2 aromatic carbocycles. The molecule has 0 aromatic heterocycles. The molecule has 0 aliphatic carbocycles. The van der Waals surface area contributed by atoms with Crippen LogP contribution in [0.5, 0.6) is 0 Å². The van der Waals surface area contributed by atoms with Gasteiger partial charge in [0.15, 0.2) is 5.96 Å². The van der Waals surface area contributed by atoms with Crippen molar-refractivity contribution < 1.29 is 13.9 Å². The lowest BCUT2D eigenvalue weighted by atomic mass is 10.1. The van der Waals surface area contributed by atoms with Crippen LogP contribution in [0.1, 0.15) is 36.5 Å². The summed E-state index contributed by atoms with van der Waals surface area (Å²) in [7, 11) is 0. The van der Waals surface area contributed by atoms with Crippen molar-refractivity contribution in [2.75, 3.05) is 19.8 Å². The average molecular weight is 400 g/mol. The number of ether oxygens (including phenoxy) is 2. The maximum absolute atomic E-state index is 13.0. The van der Waals surface area contributed by atoms with Crippen LogP contribution in [0, 0.1) is 5.82 Å². The summed E-state index contributed by atoms with van der Waals surface area (Å²) in [5.74, 6) is 0.508. The van der Waals surface area contributed by atoms with Crippen LogP contribution < -0.4 is 10.6 Å². The number of rotatable bonds is 8. The van der Waals surface area contributed by atoms with Gasteiger partial charge in [0.05, 0.1) is 19.3 Å². The van der Waals surface area contributed by atoms with Gasteiger partial charge in [-0.25, -0.2) is 9.38 Å². The molecule has 29 heavy (non-hydrogen) atoms. The van der Waals surface area contributed by atoms with E-state index in [9.17, 15) is 4.39 Å². The Kier molecular flexibility index (Phi) is 8.46. The molecule has 2 N–H and O–H groups in total. The Bertz CT molecular complexity index is 757. The molecule has 6 heteroatoms. The van der Waals surface area contributed by atoms with Crippen LogP contribution in [0.3, 0.4) is 0 Å². The zero-order valence-electron chi connectivity index (χ0n) is 17.0. The number of halogens is 1. The molecule has 1 saturated heterocycles. The van der Waals surface area contributed by atoms with E-state index >= 15 is 0 Å². The van der Waals surface area contributed by atoms with E-state index in [0.717, 1.165) is 44.1 Å². The smallest absolute Gasteiger partial charge is 0.191 e. The molecule has 1 aliphatic heterocycles. The predicted octanol–water partition coefficient (Wildman–Crippen LogP) is 3.78. The van der Waals surface area contributed by atoms with Crippen LogP contribution >= 0.6 is 0 Å². The molecule has 0 radical (unpaired) electrons. The maximum atomic E-state index is 13.0. The Hall–Kier alpha value is -2.44. The van der Waals surface area contributed by atoms with Crippen LogP contribution in [0.25, 0.3) is 0 Å². The van der Waals surface area contributed by atoms with Gasteiger partial charge in [-0.2, -0.15) is 0 Å². The Morgan fingerprint density at radius 2 is 1.66 bits per heavy atom. The zero-order valence-corrected chi connectivity index (χ0v) is 17.0. The van der Waals surface area contributed by atoms with Crippen molar-refractivity contribution in [1.82, 2.24) is 10.6 Å². The Morgan fingerprint density at radius 1 is 1.00 bits per heavy atom. The monoisotopic (exact) mass is 399 g/mol. The molecule has 5 nitrogen and oxygen atoms in total. The first-order valence-electron chi connectivity index (χ1n) is 10.3. The molecule has 3 rings (SSSR count). The highest BCUT2D eigenvalue weighted by atomic mass is 19.1. The van der Waals surface area contributed by atoms with Gasteiger partial charge in [-0.15, -0.1) is 0 Å². The Morgan fingerprint density at radius 3 is 2.34 bits per heavy atom. The largest absolute Gasteiger partial charge is 0.381 e. The van der Waals surface area contributed by atoms with Crippen LogP contribution in [0.2, 0.25) is 0 Å². The van der Waals surface area contributed by atoms with Gasteiger partial charge in [-0.05, 0) is 48.6 Å². The summed E-state index contributed by atoms with van der Waals surface area (Å²) in [6.45, 7) is 6.22. The second kappa shape index (κ2) is 11.5. The molecule has 156 valence electrons. The number of hydrogen-bond acceptors (Lipinski definition) is 3. The van der Waals surface area contributed by atoms with Crippen molar-refractivity contribution in [2.24, 2.45) is 4.99 Å². The van der Waals surface area contributed by atoms with Gasteiger partial charge in [-0.3, -0.25) is 0 Å². The van der Waals surface area contributed by atoms with Gasteiger partial charge in [-0.1, -0.05) is 36.4 Å². The topological polar surface area (TPSA) is 54.9 Å². The quantitative estimate of drug-likeness (QED) is 0.524. The van der Waals surface area contributed by atoms with Crippen molar-refractivity contribution in [2.45, 2.75) is 45.6 Å². The molecule has 2 aromatic rings. The van der Waals surface area contributed by atoms with Gasteiger partial charge in [0.1, 0.15) is 5.82 Å². The molecule has 0 saturated carbocycles. The summed E-state index contributed by atoms with van der Waals surface area (Å²) in [6, 6.07) is 14.9. The van der Waals surface area contributed by atoms with E-state index in [4.69, 9.17) is 9.47 Å². The first-order valence-corrected chi connectivity index (χ1v) is 10.3. The highest BCUT2D eigenvalue weighted by molar-refractivity contribution is 5.79. The molecule has 0 amide bonds. The summed E-state index contributed by atoms with van der Waals surface area (Å²) in [5, 5.41) is 6.58. The lowest BCUT2D eigenvalue weighted by molar-refractivity contribution is -0.0390. The van der Waals surface area contributed by atoms with Gasteiger partial charge in [0, 0.05) is 26.3 Å². The molecular formula is C23H30FN3O2. The average Bonchev–Trinajstić information content (AvgIpc) is 2.77. The first kappa shape index (κ1) is 21.3. The number of nitrogens with zero attached hydrogens (tertiary/aromatic N) is 1. The van der Waals surface area contributed by atoms with Crippen molar-refractivity contribution >= 4 is 5.96 Å². The minimum atomic E-state index is -0.232. The van der Waals surface area contributed by atoms with E-state index in [1.54, 1.807) is 12.1 Å². The molecule has 0 atom stereocenters. The van der Waals surface area contributed by atoms with Crippen LogP contribution in [-0.4, -0.2) is 31.8 Å². The van der Waals surface area contributed by atoms with Crippen LogP contribution in [-0.2, 0) is 29.2 Å². The highest BCUT2D eigenvalue weighted by Crippen LogP contribution is 2.14. The van der Waals surface area contributed by atoms with Crippen LogP contribution in [0.4, 0.5) is 4.39 Å². The molecular weight excluding hydrogens is 369 g/mol. The fourth-order valence-corrected chi connectivity index (χ4v) is 3.10. The molecule has 0 unspecified atom stereocenters. The highest BCUT2D eigenvalue weighted by Gasteiger charge is 2.13. The van der Waals surface area contributed by atoms with Crippen LogP contribution in [0.15, 0.2) is 53.5 Å². The first-order chi connectivity index (χ1) is 14.2. The standard InChI is InChI=1S/C23H30FN3O2/c1-2-25-23(27-16-19-7-9-21(24)10-8-19)26-15-18-3-5-20(6-4-18)17-29-22-11-13-28-14-12-22/h3-10,22H,2,11-17H2,1H3,(H2,25,26,27). The van der Waals surface area contributed by atoms with Crippen molar-refractivity contribution in [3.05, 3.63) is 71.0 Å². The van der Waals surface area contributed by atoms with Gasteiger partial charge >= 0.3 is 0 Å². The van der Waals surface area contributed by atoms with Gasteiger partial charge < -0.3 is 20.1 Å². The third kappa shape index (κ3) is 7.48. The maximum Gasteiger partial charge on any atom is 0.191 e. The normalized spacial score (nSPS) is 15.3. The summed E-state index contributed by atoms with van der Waals surface area (Å²) in [5.41, 5.74) is 3.32. The summed E-state index contributed by atoms with van der Waals surface area (Å²) in [6.07, 6.45) is 2.27. The predicted molar refractivity (Wildman–Crippen MR) is 113 cm³/mol. The third-order valence-corrected chi connectivity index (χ3v) is 4.81. The number of hydrogen-bond donors (Lipinski definition) is 2. The summed E-state index contributed by atoms with van der Waals surface area (Å²) < 4.78 is 24.3. The molecule has 1 fully saturated rings. The van der Waals surface area contributed by atoms with E-state index < -0.39 is 0 Å². The molecule has 1 heterocycles. The minimum absolute atomic E-state index is 0.232. The molecule has 0 bridgehead atoms. The zero-order chi connectivity index (χ0) is 20.3. The number of aliphatic imine (C=N–C) groups is 1. The molecule has 1 aliphatic rings. The minimum Gasteiger partial charge on any atom is -0.381 e. The lowest BCUT2D eigenvalue weighted by Gasteiger charge is -2.22. The van der Waals surface area contributed by atoms with Gasteiger partial charge in [0.2, 0.25) is 0 Å². The SMILES string of the molecule is CCNC(=NCc1ccc(F)cc1)NCc1ccc(COC2CCOCC2)cc1. The van der Waals surface area contributed by atoms with E-state index in [1.807, 2.05) is 6.92 Å².